The predicted molar refractivity (Wildman–Crippen MR) is 62.8 cm³/mol. The smallest absolute Gasteiger partial charge is 0.317 e. The minimum atomic E-state index is -0.155. The molecular weight excluding hydrogens is 206 g/mol. The van der Waals surface area contributed by atoms with E-state index in [9.17, 15) is 9.59 Å². The van der Waals surface area contributed by atoms with Crippen LogP contribution in [0, 0.1) is 12.3 Å². The highest BCUT2D eigenvalue weighted by Gasteiger charge is 2.08. The quantitative estimate of drug-likeness (QED) is 0.633. The summed E-state index contributed by atoms with van der Waals surface area (Å²) in [6, 6.07) is -0.144. The second kappa shape index (κ2) is 8.60. The van der Waals surface area contributed by atoms with E-state index in [1.807, 2.05) is 13.8 Å². The summed E-state index contributed by atoms with van der Waals surface area (Å²) >= 11 is 0. The maximum absolute atomic E-state index is 11.5. The second-order valence-electron chi connectivity index (χ2n) is 3.14. The third-order valence-electron chi connectivity index (χ3n) is 2.07. The predicted octanol–water partition coefficient (Wildman–Crippen LogP) is 0.177. The molecule has 0 aliphatic heterocycles. The number of nitrogens with zero attached hydrogens (tertiary/aromatic N) is 1. The average molecular weight is 225 g/mol. The molecule has 0 aromatic heterocycles. The lowest BCUT2D eigenvalue weighted by molar-refractivity contribution is -0.120. The SMILES string of the molecule is C#CCNC(=O)CCNC(=O)N(CC)CC. The zero-order valence-corrected chi connectivity index (χ0v) is 9.88. The van der Waals surface area contributed by atoms with E-state index in [1.54, 1.807) is 4.90 Å². The van der Waals surface area contributed by atoms with Gasteiger partial charge >= 0.3 is 6.03 Å². The first-order chi connectivity index (χ1) is 7.65. The number of terminal acetylenes is 1. The van der Waals surface area contributed by atoms with E-state index in [0.29, 0.717) is 19.6 Å². The molecule has 90 valence electrons. The molecule has 0 radical (unpaired) electrons. The van der Waals surface area contributed by atoms with Gasteiger partial charge in [0.05, 0.1) is 6.54 Å². The van der Waals surface area contributed by atoms with Crippen LogP contribution in [0.4, 0.5) is 4.79 Å². The Balaban J connectivity index is 3.69. The summed E-state index contributed by atoms with van der Waals surface area (Å²) < 4.78 is 0. The maximum Gasteiger partial charge on any atom is 0.317 e. The van der Waals surface area contributed by atoms with Gasteiger partial charge in [-0.1, -0.05) is 5.92 Å². The molecule has 0 saturated carbocycles. The topological polar surface area (TPSA) is 61.4 Å². The van der Waals surface area contributed by atoms with Crippen molar-refractivity contribution < 1.29 is 9.59 Å². The molecule has 2 N–H and O–H groups in total. The van der Waals surface area contributed by atoms with Crippen molar-refractivity contribution in [2.45, 2.75) is 20.3 Å². The highest BCUT2D eigenvalue weighted by molar-refractivity contribution is 5.78. The fraction of sp³-hybridized carbons (Fsp3) is 0.636. The normalized spacial score (nSPS) is 9.06. The van der Waals surface area contributed by atoms with Gasteiger partial charge in [-0.3, -0.25) is 4.79 Å². The van der Waals surface area contributed by atoms with Crippen LogP contribution >= 0.6 is 0 Å². The summed E-state index contributed by atoms with van der Waals surface area (Å²) in [5.74, 6) is 2.15. The number of nitrogens with one attached hydrogen (secondary N) is 2. The van der Waals surface area contributed by atoms with Crippen molar-refractivity contribution in [1.82, 2.24) is 15.5 Å². The van der Waals surface area contributed by atoms with Crippen LogP contribution in [-0.2, 0) is 4.79 Å². The van der Waals surface area contributed by atoms with Crippen molar-refractivity contribution >= 4 is 11.9 Å². The van der Waals surface area contributed by atoms with Gasteiger partial charge in [0.25, 0.3) is 0 Å². The number of hydrogen-bond donors (Lipinski definition) is 2. The minimum absolute atomic E-state index is 0.144. The van der Waals surface area contributed by atoms with E-state index < -0.39 is 0 Å². The second-order valence-corrected chi connectivity index (χ2v) is 3.14. The first-order valence-corrected chi connectivity index (χ1v) is 5.38. The molecule has 0 saturated heterocycles. The molecule has 3 amide bonds. The standard InChI is InChI=1S/C11H19N3O2/c1-4-8-12-10(15)7-9-13-11(16)14(5-2)6-3/h1H,5-9H2,2-3H3,(H,12,15)(H,13,16). The van der Waals surface area contributed by atoms with E-state index >= 15 is 0 Å². The van der Waals surface area contributed by atoms with Gasteiger partial charge in [-0.05, 0) is 13.8 Å². The van der Waals surface area contributed by atoms with Crippen molar-refractivity contribution in [3.63, 3.8) is 0 Å². The molecule has 0 aliphatic rings. The van der Waals surface area contributed by atoms with E-state index in [1.165, 1.54) is 0 Å². The molecule has 0 bridgehead atoms. The Labute approximate surface area is 96.6 Å². The van der Waals surface area contributed by atoms with Gasteiger partial charge in [-0.15, -0.1) is 6.42 Å². The van der Waals surface area contributed by atoms with Crippen LogP contribution in [0.3, 0.4) is 0 Å². The van der Waals surface area contributed by atoms with Gasteiger partial charge < -0.3 is 15.5 Å². The number of rotatable bonds is 6. The van der Waals surface area contributed by atoms with Gasteiger partial charge in [0, 0.05) is 26.1 Å². The van der Waals surface area contributed by atoms with Crippen molar-refractivity contribution in [1.29, 1.82) is 0 Å². The lowest BCUT2D eigenvalue weighted by Gasteiger charge is -2.18. The van der Waals surface area contributed by atoms with E-state index in [0.717, 1.165) is 0 Å². The van der Waals surface area contributed by atoms with E-state index in [4.69, 9.17) is 6.42 Å². The summed E-state index contributed by atoms with van der Waals surface area (Å²) in [6.45, 7) is 5.68. The van der Waals surface area contributed by atoms with Crippen molar-refractivity contribution in [3.8, 4) is 12.3 Å². The van der Waals surface area contributed by atoms with Crippen LogP contribution in [0.25, 0.3) is 0 Å². The summed E-state index contributed by atoms with van der Waals surface area (Å²) in [5.41, 5.74) is 0. The molecule has 16 heavy (non-hydrogen) atoms. The van der Waals surface area contributed by atoms with Crippen LogP contribution in [0.2, 0.25) is 0 Å². The molecule has 0 fully saturated rings. The minimum Gasteiger partial charge on any atom is -0.345 e. The first-order valence-electron chi connectivity index (χ1n) is 5.38. The van der Waals surface area contributed by atoms with Crippen LogP contribution in [0.5, 0.6) is 0 Å². The number of carbonyl (C=O) groups is 2. The zero-order valence-electron chi connectivity index (χ0n) is 9.88. The largest absolute Gasteiger partial charge is 0.345 e. The van der Waals surface area contributed by atoms with Gasteiger partial charge in [-0.25, -0.2) is 4.79 Å². The van der Waals surface area contributed by atoms with Crippen LogP contribution in [-0.4, -0.2) is 43.0 Å². The Hall–Kier alpha value is -1.70. The lowest BCUT2D eigenvalue weighted by atomic mass is 10.4. The summed E-state index contributed by atoms with van der Waals surface area (Å²) in [6.07, 6.45) is 5.23. The molecular formula is C11H19N3O2. The van der Waals surface area contributed by atoms with Gasteiger partial charge in [-0.2, -0.15) is 0 Å². The van der Waals surface area contributed by atoms with Gasteiger partial charge in [0.2, 0.25) is 5.91 Å². The summed E-state index contributed by atoms with van der Waals surface area (Å²) in [5, 5.41) is 5.19. The Morgan fingerprint density at radius 1 is 1.25 bits per heavy atom. The zero-order chi connectivity index (χ0) is 12.4. The summed E-state index contributed by atoms with van der Waals surface area (Å²) in [4.78, 5) is 24.2. The number of carbonyl (C=O) groups excluding carboxylic acids is 2. The molecule has 0 aromatic rings. The maximum atomic E-state index is 11.5. The number of hydrogen-bond acceptors (Lipinski definition) is 2. The van der Waals surface area contributed by atoms with Crippen molar-refractivity contribution in [2.75, 3.05) is 26.2 Å². The van der Waals surface area contributed by atoms with Crippen molar-refractivity contribution in [3.05, 3.63) is 0 Å². The number of amides is 3. The monoisotopic (exact) mass is 225 g/mol. The van der Waals surface area contributed by atoms with Crippen LogP contribution < -0.4 is 10.6 Å². The highest BCUT2D eigenvalue weighted by atomic mass is 16.2. The van der Waals surface area contributed by atoms with Crippen LogP contribution in [0.1, 0.15) is 20.3 Å². The fourth-order valence-corrected chi connectivity index (χ4v) is 1.14. The Morgan fingerprint density at radius 3 is 2.38 bits per heavy atom. The fourth-order valence-electron chi connectivity index (χ4n) is 1.14. The lowest BCUT2D eigenvalue weighted by Crippen LogP contribution is -2.41. The van der Waals surface area contributed by atoms with Crippen molar-refractivity contribution in [2.24, 2.45) is 0 Å². The molecule has 0 atom stereocenters. The Kier molecular flexibility index (Phi) is 7.68. The molecule has 0 rings (SSSR count). The molecule has 0 spiro atoms. The average Bonchev–Trinajstić information content (AvgIpc) is 2.28. The Bertz CT molecular complexity index is 267. The highest BCUT2D eigenvalue weighted by Crippen LogP contribution is 1.88. The van der Waals surface area contributed by atoms with Gasteiger partial charge in [0.1, 0.15) is 0 Å². The molecule has 5 nitrogen and oxygen atoms in total. The third kappa shape index (κ3) is 5.91. The first kappa shape index (κ1) is 14.3. The Morgan fingerprint density at radius 2 is 1.88 bits per heavy atom. The molecule has 0 aliphatic carbocycles. The molecule has 0 aromatic carbocycles. The third-order valence-corrected chi connectivity index (χ3v) is 2.07. The summed E-state index contributed by atoms with van der Waals surface area (Å²) in [7, 11) is 0. The molecule has 5 heteroatoms. The van der Waals surface area contributed by atoms with Gasteiger partial charge in [0.15, 0.2) is 0 Å². The number of urea groups is 1. The molecule has 0 unspecified atom stereocenters. The van der Waals surface area contributed by atoms with E-state index in [2.05, 4.69) is 16.6 Å². The van der Waals surface area contributed by atoms with Crippen LogP contribution in [0.15, 0.2) is 0 Å². The molecule has 0 heterocycles. The van der Waals surface area contributed by atoms with E-state index in [-0.39, 0.29) is 24.9 Å².